The van der Waals surface area contributed by atoms with Crippen LogP contribution in [-0.2, 0) is 11.9 Å². The van der Waals surface area contributed by atoms with Crippen molar-refractivity contribution in [2.75, 3.05) is 0 Å². The first-order chi connectivity index (χ1) is 9.99. The topological polar surface area (TPSA) is 65.3 Å². The minimum absolute atomic E-state index is 0.0311. The van der Waals surface area contributed by atoms with Crippen molar-refractivity contribution in [3.8, 4) is 5.75 Å². The highest BCUT2D eigenvalue weighted by Crippen LogP contribution is 2.22. The number of alkyl halides is 1. The number of rotatable bonds is 5. The highest BCUT2D eigenvalue weighted by Gasteiger charge is 2.11. The molecule has 0 amide bonds. The van der Waals surface area contributed by atoms with Crippen molar-refractivity contribution >= 4 is 21.6 Å². The Hall–Kier alpha value is -2.02. The minimum Gasteiger partial charge on any atom is -0.487 e. The summed E-state index contributed by atoms with van der Waals surface area (Å²) >= 11 is 3.32. The molecule has 1 heterocycles. The van der Waals surface area contributed by atoms with Crippen LogP contribution in [0.15, 0.2) is 30.3 Å². The molecule has 0 N–H and O–H groups in total. The van der Waals surface area contributed by atoms with Gasteiger partial charge in [-0.2, -0.15) is 0 Å². The second-order valence-electron chi connectivity index (χ2n) is 4.39. The van der Waals surface area contributed by atoms with Crippen molar-refractivity contribution in [2.24, 2.45) is 0 Å². The van der Waals surface area contributed by atoms with E-state index in [1.165, 1.54) is 12.1 Å². The van der Waals surface area contributed by atoms with Gasteiger partial charge in [-0.1, -0.05) is 15.9 Å². The van der Waals surface area contributed by atoms with E-state index in [1.54, 1.807) is 12.1 Å². The molecular weight excluding hydrogens is 343 g/mol. The molecule has 1 aromatic heterocycles. The average molecular weight is 355 g/mol. The second kappa shape index (κ2) is 6.62. The Kier molecular flexibility index (Phi) is 4.85. The summed E-state index contributed by atoms with van der Waals surface area (Å²) in [6, 6.07) is 6.95. The number of aryl methyl sites for hydroxylation is 1. The molecule has 0 spiro atoms. The first kappa shape index (κ1) is 15.4. The monoisotopic (exact) mass is 354 g/mol. The first-order valence-electron chi connectivity index (χ1n) is 6.08. The van der Waals surface area contributed by atoms with Crippen LogP contribution in [-0.4, -0.2) is 9.91 Å². The maximum atomic E-state index is 13.3. The molecule has 21 heavy (non-hydrogen) atoms. The summed E-state index contributed by atoms with van der Waals surface area (Å²) in [5.74, 6) is -0.102. The number of hydrogen-bond acceptors (Lipinski definition) is 4. The first-order valence-corrected chi connectivity index (χ1v) is 7.21. The van der Waals surface area contributed by atoms with Gasteiger partial charge in [-0.3, -0.25) is 15.1 Å². The fourth-order valence-electron chi connectivity index (χ4n) is 1.81. The predicted molar refractivity (Wildman–Crippen MR) is 79.0 cm³/mol. The van der Waals surface area contributed by atoms with E-state index in [4.69, 9.17) is 4.74 Å². The van der Waals surface area contributed by atoms with E-state index < -0.39 is 10.7 Å². The molecule has 0 aliphatic heterocycles. The molecule has 7 heteroatoms. The number of aromatic nitrogens is 1. The van der Waals surface area contributed by atoms with E-state index in [2.05, 4.69) is 20.9 Å². The molecule has 0 unspecified atom stereocenters. The van der Waals surface area contributed by atoms with Crippen LogP contribution in [0.4, 0.5) is 10.1 Å². The molecule has 5 nitrogen and oxygen atoms in total. The maximum absolute atomic E-state index is 13.3. The summed E-state index contributed by atoms with van der Waals surface area (Å²) in [5, 5.41) is 11.2. The van der Waals surface area contributed by atoms with E-state index >= 15 is 0 Å². The molecule has 0 aliphatic rings. The fourth-order valence-corrected chi connectivity index (χ4v) is 2.21. The minimum atomic E-state index is -0.662. The third kappa shape index (κ3) is 3.98. The Morgan fingerprint density at radius 3 is 2.81 bits per heavy atom. The van der Waals surface area contributed by atoms with Crippen LogP contribution in [0.5, 0.6) is 5.75 Å². The van der Waals surface area contributed by atoms with Crippen LogP contribution >= 0.6 is 15.9 Å². The lowest BCUT2D eigenvalue weighted by Crippen LogP contribution is -2.01. The molecule has 2 aromatic rings. The van der Waals surface area contributed by atoms with E-state index in [-0.39, 0.29) is 12.3 Å². The van der Waals surface area contributed by atoms with Crippen molar-refractivity contribution < 1.29 is 14.1 Å². The summed E-state index contributed by atoms with van der Waals surface area (Å²) in [4.78, 5) is 14.4. The molecule has 0 radical (unpaired) electrons. The fraction of sp³-hybridized carbons (Fsp3) is 0.214. The molecule has 2 rings (SSSR count). The van der Waals surface area contributed by atoms with Gasteiger partial charge in [0.05, 0.1) is 16.7 Å². The van der Waals surface area contributed by atoms with Crippen molar-refractivity contribution in [1.29, 1.82) is 0 Å². The normalized spacial score (nSPS) is 10.4. The van der Waals surface area contributed by atoms with Gasteiger partial charge in [0.2, 0.25) is 0 Å². The van der Waals surface area contributed by atoms with E-state index in [0.717, 1.165) is 17.5 Å². The number of non-ortho nitro benzene ring substituents is 1. The standard InChI is InChI=1S/C14H12BrFN2O3/c1-9-2-3-14(13(7-15)17-9)21-8-10-4-11(16)6-12(5-10)18(19)20/h2-6H,7-8H2,1H3. The zero-order chi connectivity index (χ0) is 15.4. The molecule has 0 bridgehead atoms. The average Bonchev–Trinajstić information content (AvgIpc) is 2.45. The number of hydrogen-bond donors (Lipinski definition) is 0. The number of nitro groups is 1. The Morgan fingerprint density at radius 1 is 1.38 bits per heavy atom. The van der Waals surface area contributed by atoms with Crippen molar-refractivity contribution in [3.05, 3.63) is 63.2 Å². The molecule has 110 valence electrons. The number of benzene rings is 1. The SMILES string of the molecule is Cc1ccc(OCc2cc(F)cc([N+](=O)[O-])c2)c(CBr)n1. The van der Waals surface area contributed by atoms with Crippen molar-refractivity contribution in [1.82, 2.24) is 4.98 Å². The highest BCUT2D eigenvalue weighted by atomic mass is 79.9. The van der Waals surface area contributed by atoms with Gasteiger partial charge in [-0.25, -0.2) is 4.39 Å². The zero-order valence-electron chi connectivity index (χ0n) is 11.2. The zero-order valence-corrected chi connectivity index (χ0v) is 12.8. The van der Waals surface area contributed by atoms with E-state index in [0.29, 0.717) is 16.6 Å². The van der Waals surface area contributed by atoms with Gasteiger partial charge >= 0.3 is 0 Å². The molecule has 0 saturated carbocycles. The Labute approximate surface area is 129 Å². The van der Waals surface area contributed by atoms with Gasteiger partial charge in [0, 0.05) is 17.1 Å². The lowest BCUT2D eigenvalue weighted by molar-refractivity contribution is -0.385. The van der Waals surface area contributed by atoms with Gasteiger partial charge < -0.3 is 4.74 Å². The number of nitrogens with zero attached hydrogens (tertiary/aromatic N) is 2. The van der Waals surface area contributed by atoms with Crippen molar-refractivity contribution in [3.63, 3.8) is 0 Å². The van der Waals surface area contributed by atoms with Gasteiger partial charge in [0.1, 0.15) is 18.2 Å². The number of nitro benzene ring substituents is 1. The van der Waals surface area contributed by atoms with Gasteiger partial charge in [0.25, 0.3) is 5.69 Å². The molecule has 0 atom stereocenters. The van der Waals surface area contributed by atoms with Gasteiger partial charge in [-0.05, 0) is 30.7 Å². The number of halogens is 2. The largest absolute Gasteiger partial charge is 0.487 e. The highest BCUT2D eigenvalue weighted by molar-refractivity contribution is 9.08. The molecule has 0 fully saturated rings. The van der Waals surface area contributed by atoms with Gasteiger partial charge in [0.15, 0.2) is 0 Å². The van der Waals surface area contributed by atoms with Crippen LogP contribution in [0.1, 0.15) is 17.0 Å². The summed E-state index contributed by atoms with van der Waals surface area (Å²) in [6.07, 6.45) is 0. The predicted octanol–water partition coefficient (Wildman–Crippen LogP) is 3.91. The number of ether oxygens (including phenoxy) is 1. The summed E-state index contributed by atoms with van der Waals surface area (Å²) in [7, 11) is 0. The number of pyridine rings is 1. The van der Waals surface area contributed by atoms with Crippen LogP contribution in [0.3, 0.4) is 0 Å². The third-order valence-electron chi connectivity index (χ3n) is 2.75. The maximum Gasteiger partial charge on any atom is 0.272 e. The lowest BCUT2D eigenvalue weighted by atomic mass is 10.2. The molecule has 1 aromatic carbocycles. The Bertz CT molecular complexity index is 679. The smallest absolute Gasteiger partial charge is 0.272 e. The van der Waals surface area contributed by atoms with Crippen LogP contribution < -0.4 is 4.74 Å². The lowest BCUT2D eigenvalue weighted by Gasteiger charge is -2.10. The summed E-state index contributed by atoms with van der Waals surface area (Å²) in [5.41, 5.74) is 1.68. The van der Waals surface area contributed by atoms with Crippen LogP contribution in [0.25, 0.3) is 0 Å². The molecule has 0 aliphatic carbocycles. The van der Waals surface area contributed by atoms with Crippen molar-refractivity contribution in [2.45, 2.75) is 18.9 Å². The molecule has 0 saturated heterocycles. The second-order valence-corrected chi connectivity index (χ2v) is 4.96. The van der Waals surface area contributed by atoms with Crippen LogP contribution in [0, 0.1) is 22.9 Å². The molecular formula is C14H12BrFN2O3. The Balaban J connectivity index is 2.18. The van der Waals surface area contributed by atoms with Gasteiger partial charge in [-0.15, -0.1) is 0 Å². The third-order valence-corrected chi connectivity index (χ3v) is 3.28. The van der Waals surface area contributed by atoms with E-state index in [1.807, 2.05) is 6.92 Å². The van der Waals surface area contributed by atoms with Crippen LogP contribution in [0.2, 0.25) is 0 Å². The summed E-state index contributed by atoms with van der Waals surface area (Å²) < 4.78 is 18.9. The quantitative estimate of drug-likeness (QED) is 0.463. The van der Waals surface area contributed by atoms with E-state index in [9.17, 15) is 14.5 Å². The Morgan fingerprint density at radius 2 is 2.14 bits per heavy atom. The summed E-state index contributed by atoms with van der Waals surface area (Å²) in [6.45, 7) is 1.90.